The van der Waals surface area contributed by atoms with E-state index < -0.39 is 0 Å². The first kappa shape index (κ1) is 16.4. The Labute approximate surface area is 136 Å². The zero-order valence-corrected chi connectivity index (χ0v) is 13.5. The highest BCUT2D eigenvalue weighted by Gasteiger charge is 2.14. The van der Waals surface area contributed by atoms with Gasteiger partial charge in [-0.2, -0.15) is 0 Å². The maximum absolute atomic E-state index is 13.7. The zero-order valence-electron chi connectivity index (χ0n) is 12.7. The molecule has 0 aromatic heterocycles. The van der Waals surface area contributed by atoms with Crippen LogP contribution in [0.2, 0.25) is 0 Å². The molecule has 0 aliphatic carbocycles. The Kier molecular flexibility index (Phi) is 5.86. The molecule has 2 rings (SSSR count). The molecule has 0 amide bonds. The fraction of sp³-hybridized carbons (Fsp3) is 0.235. The maximum Gasteiger partial charge on any atom is 0.171 e. The quantitative estimate of drug-likeness (QED) is 0.827. The molecular weight excluding hydrogens is 297 g/mol. The van der Waals surface area contributed by atoms with Crippen LogP contribution in [0.1, 0.15) is 11.6 Å². The highest BCUT2D eigenvalue weighted by atomic mass is 32.1. The Morgan fingerprint density at radius 1 is 1.09 bits per heavy atom. The molecule has 0 fully saturated rings. The summed E-state index contributed by atoms with van der Waals surface area (Å²) in [6.45, 7) is 0.781. The number of halogens is 1. The first-order valence-electron chi connectivity index (χ1n) is 7.08. The summed E-state index contributed by atoms with van der Waals surface area (Å²) in [7, 11) is 4.01. The summed E-state index contributed by atoms with van der Waals surface area (Å²) in [4.78, 5) is 2.08. The zero-order chi connectivity index (χ0) is 15.9. The smallest absolute Gasteiger partial charge is 0.171 e. The van der Waals surface area contributed by atoms with Crippen LogP contribution in [0.4, 0.5) is 10.1 Å². The van der Waals surface area contributed by atoms with Crippen LogP contribution in [0.25, 0.3) is 0 Å². The topological polar surface area (TPSA) is 27.3 Å². The van der Waals surface area contributed by atoms with E-state index in [-0.39, 0.29) is 11.9 Å². The van der Waals surface area contributed by atoms with Gasteiger partial charge in [0.15, 0.2) is 5.11 Å². The number of thiocarbonyl (C=S) groups is 1. The van der Waals surface area contributed by atoms with Gasteiger partial charge < -0.3 is 15.5 Å². The first-order valence-corrected chi connectivity index (χ1v) is 7.49. The lowest BCUT2D eigenvalue weighted by Gasteiger charge is -2.24. The van der Waals surface area contributed by atoms with Gasteiger partial charge in [-0.15, -0.1) is 0 Å². The molecule has 0 aliphatic rings. The molecule has 0 unspecified atom stereocenters. The molecule has 5 heteroatoms. The Morgan fingerprint density at radius 2 is 1.73 bits per heavy atom. The maximum atomic E-state index is 13.7. The minimum Gasteiger partial charge on any atom is -0.354 e. The Balaban J connectivity index is 2.07. The van der Waals surface area contributed by atoms with Crippen LogP contribution in [0, 0.1) is 5.82 Å². The molecule has 0 aliphatic heterocycles. The number of anilines is 1. The number of rotatable bonds is 5. The largest absolute Gasteiger partial charge is 0.354 e. The summed E-state index contributed by atoms with van der Waals surface area (Å²) in [5, 5.41) is 6.57. The summed E-state index contributed by atoms with van der Waals surface area (Å²) in [6, 6.07) is 16.6. The standard InChI is InChI=1S/C17H20FN3S/c1-21(2)12-16(13-8-4-3-5-9-13)20-17(22)19-15-11-7-6-10-14(15)18/h3-11,16H,12H2,1-2H3,(H2,19,20,22)/t16-/m1/s1. The second-order valence-electron chi connectivity index (χ2n) is 5.30. The van der Waals surface area contributed by atoms with E-state index in [4.69, 9.17) is 12.2 Å². The number of hydrogen-bond acceptors (Lipinski definition) is 2. The highest BCUT2D eigenvalue weighted by molar-refractivity contribution is 7.80. The van der Waals surface area contributed by atoms with Crippen molar-refractivity contribution in [1.82, 2.24) is 10.2 Å². The lowest BCUT2D eigenvalue weighted by atomic mass is 10.1. The number of hydrogen-bond donors (Lipinski definition) is 2. The third-order valence-electron chi connectivity index (χ3n) is 3.18. The molecule has 116 valence electrons. The lowest BCUT2D eigenvalue weighted by molar-refractivity contribution is 0.363. The molecule has 2 N–H and O–H groups in total. The van der Waals surface area contributed by atoms with Crippen LogP contribution in [-0.2, 0) is 0 Å². The second-order valence-corrected chi connectivity index (χ2v) is 5.71. The van der Waals surface area contributed by atoms with Crippen molar-refractivity contribution in [3.63, 3.8) is 0 Å². The Hall–Kier alpha value is -1.98. The predicted octanol–water partition coefficient (Wildman–Crippen LogP) is 3.42. The molecule has 0 saturated carbocycles. The molecule has 0 heterocycles. The van der Waals surface area contributed by atoms with Gasteiger partial charge in [0.25, 0.3) is 0 Å². The van der Waals surface area contributed by atoms with Crippen LogP contribution in [0.15, 0.2) is 54.6 Å². The van der Waals surface area contributed by atoms with Crippen LogP contribution < -0.4 is 10.6 Å². The van der Waals surface area contributed by atoms with E-state index in [0.717, 1.165) is 12.1 Å². The average Bonchev–Trinajstić information content (AvgIpc) is 2.49. The van der Waals surface area contributed by atoms with E-state index in [0.29, 0.717) is 10.8 Å². The molecule has 22 heavy (non-hydrogen) atoms. The molecule has 1 atom stereocenters. The van der Waals surface area contributed by atoms with Gasteiger partial charge in [-0.3, -0.25) is 0 Å². The molecule has 3 nitrogen and oxygen atoms in total. The van der Waals surface area contributed by atoms with Crippen molar-refractivity contribution in [2.75, 3.05) is 26.0 Å². The normalized spacial score (nSPS) is 12.0. The lowest BCUT2D eigenvalue weighted by Crippen LogP contribution is -2.37. The molecular formula is C17H20FN3S. The molecule has 0 saturated heterocycles. The molecule has 0 spiro atoms. The van der Waals surface area contributed by atoms with Crippen molar-refractivity contribution in [3.05, 3.63) is 66.0 Å². The van der Waals surface area contributed by atoms with Gasteiger partial charge in [0.05, 0.1) is 11.7 Å². The van der Waals surface area contributed by atoms with Crippen molar-refractivity contribution >= 4 is 23.0 Å². The van der Waals surface area contributed by atoms with Crippen molar-refractivity contribution in [2.24, 2.45) is 0 Å². The van der Waals surface area contributed by atoms with E-state index in [2.05, 4.69) is 15.5 Å². The second kappa shape index (κ2) is 7.87. The Bertz CT molecular complexity index is 616. The predicted molar refractivity (Wildman–Crippen MR) is 93.5 cm³/mol. The van der Waals surface area contributed by atoms with Gasteiger partial charge in [0.1, 0.15) is 5.82 Å². The third-order valence-corrected chi connectivity index (χ3v) is 3.40. The monoisotopic (exact) mass is 317 g/mol. The summed E-state index contributed by atoms with van der Waals surface area (Å²) < 4.78 is 13.7. The summed E-state index contributed by atoms with van der Waals surface area (Å²) in [5.74, 6) is -0.324. The van der Waals surface area contributed by atoms with Crippen molar-refractivity contribution in [1.29, 1.82) is 0 Å². The molecule has 0 radical (unpaired) electrons. The fourth-order valence-corrected chi connectivity index (χ4v) is 2.42. The van der Waals surface area contributed by atoms with Crippen LogP contribution in [0.3, 0.4) is 0 Å². The van der Waals surface area contributed by atoms with Gasteiger partial charge in [-0.1, -0.05) is 42.5 Å². The van der Waals surface area contributed by atoms with E-state index >= 15 is 0 Å². The van der Waals surface area contributed by atoms with Crippen molar-refractivity contribution in [2.45, 2.75) is 6.04 Å². The summed E-state index contributed by atoms with van der Waals surface area (Å²) in [5.41, 5.74) is 1.51. The van der Waals surface area contributed by atoms with Crippen LogP contribution in [0.5, 0.6) is 0 Å². The van der Waals surface area contributed by atoms with Crippen molar-refractivity contribution in [3.8, 4) is 0 Å². The number of para-hydroxylation sites is 1. The van der Waals surface area contributed by atoms with Gasteiger partial charge in [-0.05, 0) is 44.0 Å². The van der Waals surface area contributed by atoms with Gasteiger partial charge >= 0.3 is 0 Å². The van der Waals surface area contributed by atoms with Crippen LogP contribution >= 0.6 is 12.2 Å². The minimum absolute atomic E-state index is 0.0305. The Morgan fingerprint density at radius 3 is 2.36 bits per heavy atom. The molecule has 2 aromatic rings. The molecule has 0 bridgehead atoms. The van der Waals surface area contributed by atoms with Crippen LogP contribution in [-0.4, -0.2) is 30.7 Å². The number of nitrogens with zero attached hydrogens (tertiary/aromatic N) is 1. The third kappa shape index (κ3) is 4.79. The van der Waals surface area contributed by atoms with Gasteiger partial charge in [-0.25, -0.2) is 4.39 Å². The van der Waals surface area contributed by atoms with Gasteiger partial charge in [0.2, 0.25) is 0 Å². The minimum atomic E-state index is -0.324. The number of likely N-dealkylation sites (N-methyl/N-ethyl adjacent to an activating group) is 1. The number of nitrogens with one attached hydrogen (secondary N) is 2. The van der Waals surface area contributed by atoms with Crippen molar-refractivity contribution < 1.29 is 4.39 Å². The summed E-state index contributed by atoms with van der Waals surface area (Å²) >= 11 is 5.32. The highest BCUT2D eigenvalue weighted by Crippen LogP contribution is 2.15. The van der Waals surface area contributed by atoms with E-state index in [1.54, 1.807) is 18.2 Å². The van der Waals surface area contributed by atoms with E-state index in [1.165, 1.54) is 6.07 Å². The fourth-order valence-electron chi connectivity index (χ4n) is 2.16. The van der Waals surface area contributed by atoms with E-state index in [9.17, 15) is 4.39 Å². The SMILES string of the molecule is CN(C)C[C@@H](NC(=S)Nc1ccccc1F)c1ccccc1. The summed E-state index contributed by atoms with van der Waals surface area (Å²) in [6.07, 6.45) is 0. The number of benzene rings is 2. The van der Waals surface area contributed by atoms with E-state index in [1.807, 2.05) is 44.4 Å². The average molecular weight is 317 g/mol. The first-order chi connectivity index (χ1) is 10.6. The molecule has 2 aromatic carbocycles. The van der Waals surface area contributed by atoms with Gasteiger partial charge in [0, 0.05) is 6.54 Å².